The highest BCUT2D eigenvalue weighted by Crippen LogP contribution is 2.25. The van der Waals surface area contributed by atoms with Crippen molar-refractivity contribution in [2.24, 2.45) is 0 Å². The molecule has 3 aromatic rings. The van der Waals surface area contributed by atoms with Crippen LogP contribution < -0.4 is 15.4 Å². The smallest absolute Gasteiger partial charge is 0.269 e. The van der Waals surface area contributed by atoms with Crippen LogP contribution in [-0.2, 0) is 6.42 Å². The molecule has 1 aliphatic rings. The number of hydrogen-bond donors (Lipinski definition) is 2. The molecule has 0 bridgehead atoms. The molecule has 28 heavy (non-hydrogen) atoms. The first-order chi connectivity index (χ1) is 13.7. The average molecular weight is 376 g/mol. The second kappa shape index (κ2) is 8.27. The lowest BCUT2D eigenvalue weighted by atomic mass is 10.1. The van der Waals surface area contributed by atoms with E-state index in [0.717, 1.165) is 36.4 Å². The highest BCUT2D eigenvalue weighted by atomic mass is 16.5. The quantitative estimate of drug-likeness (QED) is 0.622. The Labute approximate surface area is 164 Å². The molecule has 0 radical (unpaired) electrons. The molecule has 6 nitrogen and oxygen atoms in total. The molecule has 2 aromatic carbocycles. The molecule has 2 N–H and O–H groups in total. The highest BCUT2D eigenvalue weighted by Gasteiger charge is 2.27. The molecule has 4 rings (SSSR count). The number of nitrogens with one attached hydrogen (secondary N) is 2. The summed E-state index contributed by atoms with van der Waals surface area (Å²) in [7, 11) is 1.64. The SMILES string of the molecule is COc1cccc(-c2cc3n(n2)C(NCCCc2ccccc2)CNC3=O)c1. The van der Waals surface area contributed by atoms with Crippen molar-refractivity contribution in [2.75, 3.05) is 20.2 Å². The van der Waals surface area contributed by atoms with Crippen LogP contribution in [0.3, 0.4) is 0 Å². The standard InChI is InChI=1S/C22H24N4O2/c1-28-18-11-5-10-17(13-18)19-14-20-22(27)24-15-21(26(20)25-19)23-12-6-9-16-7-3-2-4-8-16/h2-5,7-8,10-11,13-14,21,23H,6,9,12,15H2,1H3,(H,24,27). The second-order valence-corrected chi connectivity index (χ2v) is 6.86. The van der Waals surface area contributed by atoms with Gasteiger partial charge >= 0.3 is 0 Å². The van der Waals surface area contributed by atoms with Crippen LogP contribution in [-0.4, -0.2) is 35.9 Å². The van der Waals surface area contributed by atoms with Crippen LogP contribution in [0.15, 0.2) is 60.7 Å². The van der Waals surface area contributed by atoms with Gasteiger partial charge in [0.2, 0.25) is 0 Å². The number of methoxy groups -OCH3 is 1. The van der Waals surface area contributed by atoms with Crippen LogP contribution in [0.1, 0.15) is 28.6 Å². The summed E-state index contributed by atoms with van der Waals surface area (Å²) < 4.78 is 7.10. The van der Waals surface area contributed by atoms with Crippen molar-refractivity contribution < 1.29 is 9.53 Å². The van der Waals surface area contributed by atoms with E-state index in [-0.39, 0.29) is 12.1 Å². The number of ether oxygens (including phenoxy) is 1. The van der Waals surface area contributed by atoms with Gasteiger partial charge in [-0.15, -0.1) is 0 Å². The van der Waals surface area contributed by atoms with Crippen LogP contribution in [0.5, 0.6) is 5.75 Å². The van der Waals surface area contributed by atoms with Crippen LogP contribution in [0, 0.1) is 0 Å². The van der Waals surface area contributed by atoms with Crippen molar-refractivity contribution >= 4 is 5.91 Å². The van der Waals surface area contributed by atoms with E-state index >= 15 is 0 Å². The molecule has 0 spiro atoms. The van der Waals surface area contributed by atoms with Crippen LogP contribution in [0.2, 0.25) is 0 Å². The number of rotatable bonds is 7. The maximum Gasteiger partial charge on any atom is 0.269 e. The van der Waals surface area contributed by atoms with Crippen molar-refractivity contribution in [1.29, 1.82) is 0 Å². The fraction of sp³-hybridized carbons (Fsp3) is 0.273. The molecule has 144 valence electrons. The van der Waals surface area contributed by atoms with E-state index in [1.54, 1.807) is 11.8 Å². The monoisotopic (exact) mass is 376 g/mol. The van der Waals surface area contributed by atoms with Crippen molar-refractivity contribution in [1.82, 2.24) is 20.4 Å². The summed E-state index contributed by atoms with van der Waals surface area (Å²) in [6.07, 6.45) is 1.99. The molecule has 1 amide bonds. The van der Waals surface area contributed by atoms with Crippen molar-refractivity contribution in [3.8, 4) is 17.0 Å². The van der Waals surface area contributed by atoms with Gasteiger partial charge in [-0.2, -0.15) is 5.10 Å². The highest BCUT2D eigenvalue weighted by molar-refractivity contribution is 5.94. The molecule has 1 atom stereocenters. The largest absolute Gasteiger partial charge is 0.497 e. The zero-order valence-electron chi connectivity index (χ0n) is 15.9. The number of nitrogens with zero attached hydrogens (tertiary/aromatic N) is 2. The van der Waals surface area contributed by atoms with E-state index in [1.807, 2.05) is 36.4 Å². The summed E-state index contributed by atoms with van der Waals surface area (Å²) >= 11 is 0. The molecule has 2 heterocycles. The third kappa shape index (κ3) is 3.92. The number of aromatic nitrogens is 2. The molecule has 1 aromatic heterocycles. The first-order valence-electron chi connectivity index (χ1n) is 9.54. The van der Waals surface area contributed by atoms with Crippen molar-refractivity contribution in [3.63, 3.8) is 0 Å². The van der Waals surface area contributed by atoms with E-state index in [9.17, 15) is 4.79 Å². The van der Waals surface area contributed by atoms with Gasteiger partial charge in [0.05, 0.1) is 19.3 Å². The van der Waals surface area contributed by atoms with Gasteiger partial charge in [-0.3, -0.25) is 10.1 Å². The van der Waals surface area contributed by atoms with Gasteiger partial charge in [0.25, 0.3) is 5.91 Å². The molecular formula is C22H24N4O2. The number of carbonyl (C=O) groups excluding carboxylic acids is 1. The van der Waals surface area contributed by atoms with Crippen LogP contribution >= 0.6 is 0 Å². The Balaban J connectivity index is 1.46. The molecule has 0 saturated heterocycles. The molecular weight excluding hydrogens is 352 g/mol. The molecule has 6 heteroatoms. The number of carbonyl (C=O) groups is 1. The molecule has 1 unspecified atom stereocenters. The number of hydrogen-bond acceptors (Lipinski definition) is 4. The number of benzene rings is 2. The average Bonchev–Trinajstić information content (AvgIpc) is 3.20. The number of aryl methyl sites for hydroxylation is 1. The normalized spacial score (nSPS) is 15.8. The minimum absolute atomic E-state index is 0.0529. The van der Waals surface area contributed by atoms with Gasteiger partial charge in [-0.1, -0.05) is 42.5 Å². The van der Waals surface area contributed by atoms with Gasteiger partial charge in [0, 0.05) is 5.56 Å². The lowest BCUT2D eigenvalue weighted by Gasteiger charge is -2.25. The summed E-state index contributed by atoms with van der Waals surface area (Å²) in [5, 5.41) is 11.2. The lowest BCUT2D eigenvalue weighted by molar-refractivity contribution is 0.0900. The Morgan fingerprint density at radius 2 is 2.04 bits per heavy atom. The number of amides is 1. The zero-order chi connectivity index (χ0) is 19.3. The van der Waals surface area contributed by atoms with Gasteiger partial charge in [-0.25, -0.2) is 4.68 Å². The zero-order valence-corrected chi connectivity index (χ0v) is 15.9. The maximum atomic E-state index is 12.3. The Morgan fingerprint density at radius 1 is 1.18 bits per heavy atom. The molecule has 1 aliphatic heterocycles. The van der Waals surface area contributed by atoms with Crippen LogP contribution in [0.25, 0.3) is 11.3 Å². The minimum atomic E-state index is -0.0935. The number of fused-ring (bicyclic) bond motifs is 1. The van der Waals surface area contributed by atoms with Gasteiger partial charge < -0.3 is 10.1 Å². The van der Waals surface area contributed by atoms with Crippen molar-refractivity contribution in [3.05, 3.63) is 71.9 Å². The summed E-state index contributed by atoms with van der Waals surface area (Å²) in [6, 6.07) is 20.0. The van der Waals surface area contributed by atoms with E-state index in [0.29, 0.717) is 12.2 Å². The second-order valence-electron chi connectivity index (χ2n) is 6.86. The van der Waals surface area contributed by atoms with E-state index < -0.39 is 0 Å². The predicted octanol–water partition coefficient (Wildman–Crippen LogP) is 3.02. The van der Waals surface area contributed by atoms with Gasteiger partial charge in [0.15, 0.2) is 0 Å². The Kier molecular flexibility index (Phi) is 5.39. The summed E-state index contributed by atoms with van der Waals surface area (Å²) in [4.78, 5) is 12.3. The van der Waals surface area contributed by atoms with Crippen molar-refractivity contribution in [2.45, 2.75) is 19.0 Å². The van der Waals surface area contributed by atoms with Gasteiger partial charge in [-0.05, 0) is 43.1 Å². The fourth-order valence-corrected chi connectivity index (χ4v) is 3.46. The van der Waals surface area contributed by atoms with E-state index in [1.165, 1.54) is 5.56 Å². The fourth-order valence-electron chi connectivity index (χ4n) is 3.46. The summed E-state index contributed by atoms with van der Waals surface area (Å²) in [5.41, 5.74) is 3.60. The third-order valence-corrected chi connectivity index (χ3v) is 4.95. The topological polar surface area (TPSA) is 68.2 Å². The molecule has 0 aliphatic carbocycles. The first kappa shape index (κ1) is 18.3. The summed E-state index contributed by atoms with van der Waals surface area (Å²) in [6.45, 7) is 1.37. The summed E-state index contributed by atoms with van der Waals surface area (Å²) in [5.74, 6) is 0.674. The molecule has 0 saturated carbocycles. The maximum absolute atomic E-state index is 12.3. The first-order valence-corrected chi connectivity index (χ1v) is 9.54. The van der Waals surface area contributed by atoms with Crippen LogP contribution in [0.4, 0.5) is 0 Å². The van der Waals surface area contributed by atoms with E-state index in [2.05, 4.69) is 34.9 Å². The Hall–Kier alpha value is -3.12. The molecule has 0 fully saturated rings. The minimum Gasteiger partial charge on any atom is -0.497 e. The third-order valence-electron chi connectivity index (χ3n) is 4.95. The van der Waals surface area contributed by atoms with E-state index in [4.69, 9.17) is 9.84 Å². The van der Waals surface area contributed by atoms with Gasteiger partial charge in [0.1, 0.15) is 17.6 Å². The Morgan fingerprint density at radius 3 is 2.86 bits per heavy atom. The lowest BCUT2D eigenvalue weighted by Crippen LogP contribution is -2.45. The predicted molar refractivity (Wildman–Crippen MR) is 108 cm³/mol. The Bertz CT molecular complexity index is 952.